The van der Waals surface area contributed by atoms with Crippen LogP contribution >= 0.6 is 0 Å². The Bertz CT molecular complexity index is 504. The average Bonchev–Trinajstić information content (AvgIpc) is 2.31. The van der Waals surface area contributed by atoms with Crippen molar-refractivity contribution in [2.75, 3.05) is 36.5 Å². The van der Waals surface area contributed by atoms with Gasteiger partial charge in [0, 0.05) is 31.4 Å². The van der Waals surface area contributed by atoms with Crippen LogP contribution in [-0.2, 0) is 10.0 Å². The van der Waals surface area contributed by atoms with Crippen LogP contribution in [0.5, 0.6) is 0 Å². The highest BCUT2D eigenvalue weighted by atomic mass is 32.2. The van der Waals surface area contributed by atoms with E-state index in [-0.39, 0.29) is 0 Å². The van der Waals surface area contributed by atoms with Crippen LogP contribution in [-0.4, -0.2) is 44.3 Å². The molecule has 8 heteroatoms. The predicted octanol–water partition coefficient (Wildman–Crippen LogP) is 0.568. The molecular formula is C11H21N5O2S. The molecule has 0 saturated carbocycles. The monoisotopic (exact) mass is 287 g/mol. The fraction of sp³-hybridized carbons (Fsp3) is 0.636. The van der Waals surface area contributed by atoms with Crippen molar-refractivity contribution in [3.8, 4) is 0 Å². The summed E-state index contributed by atoms with van der Waals surface area (Å²) in [5.74, 6) is 1.36. The number of hydrogen-bond acceptors (Lipinski definition) is 6. The van der Waals surface area contributed by atoms with Crippen LogP contribution in [0, 0.1) is 6.92 Å². The normalized spacial score (nSPS) is 11.3. The summed E-state index contributed by atoms with van der Waals surface area (Å²) in [6, 6.07) is 0. The number of aromatic nitrogens is 2. The zero-order chi connectivity index (χ0) is 14.3. The number of rotatable bonds is 8. The molecule has 1 aromatic heterocycles. The van der Waals surface area contributed by atoms with Crippen molar-refractivity contribution in [3.05, 3.63) is 11.8 Å². The number of anilines is 2. The Balaban J connectivity index is 2.42. The molecule has 1 rings (SSSR count). The molecule has 1 aromatic rings. The molecule has 0 saturated heterocycles. The van der Waals surface area contributed by atoms with Gasteiger partial charge in [0.2, 0.25) is 16.0 Å². The topological polar surface area (TPSA) is 96.0 Å². The molecule has 0 fully saturated rings. The third-order valence-corrected chi connectivity index (χ3v) is 3.05. The van der Waals surface area contributed by atoms with E-state index in [4.69, 9.17) is 0 Å². The number of nitrogens with one attached hydrogen (secondary N) is 3. The molecular weight excluding hydrogens is 266 g/mol. The Morgan fingerprint density at radius 2 is 2.00 bits per heavy atom. The van der Waals surface area contributed by atoms with E-state index in [1.807, 2.05) is 13.8 Å². The van der Waals surface area contributed by atoms with Crippen molar-refractivity contribution in [3.63, 3.8) is 0 Å². The Hall–Kier alpha value is -1.41. The van der Waals surface area contributed by atoms with Crippen molar-refractivity contribution in [1.82, 2.24) is 14.7 Å². The highest BCUT2D eigenvalue weighted by molar-refractivity contribution is 7.88. The standard InChI is InChI=1S/C11H21N5O2S/c1-4-12-11-14-8-9(2)10(16-11)13-6-5-7-15-19(3,17)18/h8,15H,4-7H2,1-3H3,(H2,12,13,14,16). The highest BCUT2D eigenvalue weighted by Crippen LogP contribution is 2.12. The first kappa shape index (κ1) is 15.6. The van der Waals surface area contributed by atoms with Gasteiger partial charge in [0.05, 0.1) is 6.26 Å². The van der Waals surface area contributed by atoms with Crippen LogP contribution in [0.15, 0.2) is 6.20 Å². The lowest BCUT2D eigenvalue weighted by molar-refractivity contribution is 0.586. The molecule has 0 aliphatic carbocycles. The second-order valence-corrected chi connectivity index (χ2v) is 6.04. The maximum absolute atomic E-state index is 10.9. The van der Waals surface area contributed by atoms with Crippen LogP contribution in [0.4, 0.5) is 11.8 Å². The average molecular weight is 287 g/mol. The van der Waals surface area contributed by atoms with E-state index in [1.54, 1.807) is 6.20 Å². The van der Waals surface area contributed by atoms with E-state index in [0.717, 1.165) is 24.2 Å². The smallest absolute Gasteiger partial charge is 0.224 e. The first-order valence-corrected chi connectivity index (χ1v) is 8.07. The molecule has 108 valence electrons. The summed E-state index contributed by atoms with van der Waals surface area (Å²) in [4.78, 5) is 8.49. The number of nitrogens with zero attached hydrogens (tertiary/aromatic N) is 2. The van der Waals surface area contributed by atoms with Gasteiger partial charge in [-0.15, -0.1) is 0 Å². The van der Waals surface area contributed by atoms with Crippen LogP contribution in [0.3, 0.4) is 0 Å². The number of hydrogen-bond donors (Lipinski definition) is 3. The minimum atomic E-state index is -3.10. The van der Waals surface area contributed by atoms with Gasteiger partial charge in [-0.25, -0.2) is 18.1 Å². The van der Waals surface area contributed by atoms with Crippen LogP contribution in [0.25, 0.3) is 0 Å². The van der Waals surface area contributed by atoms with Crippen LogP contribution in [0.2, 0.25) is 0 Å². The summed E-state index contributed by atoms with van der Waals surface area (Å²) in [5, 5.41) is 6.21. The summed E-state index contributed by atoms with van der Waals surface area (Å²) in [5.41, 5.74) is 0.956. The van der Waals surface area contributed by atoms with E-state index >= 15 is 0 Å². The van der Waals surface area contributed by atoms with Crippen molar-refractivity contribution in [1.29, 1.82) is 0 Å². The minimum absolute atomic E-state index is 0.413. The van der Waals surface area contributed by atoms with Crippen molar-refractivity contribution >= 4 is 21.8 Å². The molecule has 0 aliphatic heterocycles. The van der Waals surface area contributed by atoms with Gasteiger partial charge in [0.1, 0.15) is 5.82 Å². The van der Waals surface area contributed by atoms with Crippen molar-refractivity contribution < 1.29 is 8.42 Å². The Labute approximate surface area is 114 Å². The Morgan fingerprint density at radius 3 is 2.63 bits per heavy atom. The summed E-state index contributed by atoms with van der Waals surface area (Å²) < 4.78 is 24.2. The lowest BCUT2D eigenvalue weighted by Crippen LogP contribution is -2.24. The van der Waals surface area contributed by atoms with Gasteiger partial charge in [-0.3, -0.25) is 0 Å². The molecule has 0 atom stereocenters. The fourth-order valence-electron chi connectivity index (χ4n) is 1.42. The first-order valence-electron chi connectivity index (χ1n) is 6.18. The third-order valence-electron chi connectivity index (χ3n) is 2.32. The SMILES string of the molecule is CCNc1ncc(C)c(NCCCNS(C)(=O)=O)n1. The predicted molar refractivity (Wildman–Crippen MR) is 76.9 cm³/mol. The second kappa shape index (κ2) is 7.25. The van der Waals surface area contributed by atoms with E-state index < -0.39 is 10.0 Å². The molecule has 0 aromatic carbocycles. The lowest BCUT2D eigenvalue weighted by Gasteiger charge is -2.10. The van der Waals surface area contributed by atoms with Gasteiger partial charge in [-0.05, 0) is 20.3 Å². The van der Waals surface area contributed by atoms with Gasteiger partial charge in [0.15, 0.2) is 0 Å². The molecule has 0 spiro atoms. The molecule has 1 heterocycles. The maximum Gasteiger partial charge on any atom is 0.224 e. The molecule has 0 unspecified atom stereocenters. The molecule has 3 N–H and O–H groups in total. The van der Waals surface area contributed by atoms with Crippen molar-refractivity contribution in [2.45, 2.75) is 20.3 Å². The lowest BCUT2D eigenvalue weighted by atomic mass is 10.3. The van der Waals surface area contributed by atoms with Crippen molar-refractivity contribution in [2.24, 2.45) is 0 Å². The van der Waals surface area contributed by atoms with Gasteiger partial charge in [0.25, 0.3) is 0 Å². The molecule has 7 nitrogen and oxygen atoms in total. The van der Waals surface area contributed by atoms with E-state index in [0.29, 0.717) is 25.5 Å². The molecule has 0 amide bonds. The molecule has 0 radical (unpaired) electrons. The summed E-state index contributed by atoms with van der Waals surface area (Å²) in [6.45, 7) is 5.72. The van der Waals surface area contributed by atoms with E-state index in [2.05, 4.69) is 25.3 Å². The molecule has 0 aliphatic rings. The third kappa shape index (κ3) is 6.35. The Kier molecular flexibility index (Phi) is 5.97. The number of aryl methyl sites for hydroxylation is 1. The summed E-state index contributed by atoms with van der Waals surface area (Å²) in [7, 11) is -3.10. The quantitative estimate of drug-likeness (QED) is 0.605. The van der Waals surface area contributed by atoms with Gasteiger partial charge < -0.3 is 10.6 Å². The zero-order valence-electron chi connectivity index (χ0n) is 11.5. The second-order valence-electron chi connectivity index (χ2n) is 4.20. The summed E-state index contributed by atoms with van der Waals surface area (Å²) >= 11 is 0. The van der Waals surface area contributed by atoms with Gasteiger partial charge >= 0.3 is 0 Å². The van der Waals surface area contributed by atoms with Gasteiger partial charge in [-0.1, -0.05) is 0 Å². The highest BCUT2D eigenvalue weighted by Gasteiger charge is 2.03. The molecule has 0 bridgehead atoms. The maximum atomic E-state index is 10.9. The number of sulfonamides is 1. The largest absolute Gasteiger partial charge is 0.370 e. The van der Waals surface area contributed by atoms with Crippen LogP contribution < -0.4 is 15.4 Å². The van der Waals surface area contributed by atoms with E-state index in [1.165, 1.54) is 0 Å². The Morgan fingerprint density at radius 1 is 1.26 bits per heavy atom. The van der Waals surface area contributed by atoms with E-state index in [9.17, 15) is 8.42 Å². The zero-order valence-corrected chi connectivity index (χ0v) is 12.3. The minimum Gasteiger partial charge on any atom is -0.370 e. The molecule has 19 heavy (non-hydrogen) atoms. The first-order chi connectivity index (χ1) is 8.92. The van der Waals surface area contributed by atoms with Gasteiger partial charge in [-0.2, -0.15) is 4.98 Å². The summed E-state index contributed by atoms with van der Waals surface area (Å²) in [6.07, 6.45) is 3.59. The fourth-order valence-corrected chi connectivity index (χ4v) is 1.93. The van der Waals surface area contributed by atoms with Crippen LogP contribution in [0.1, 0.15) is 18.9 Å².